The van der Waals surface area contributed by atoms with Crippen molar-refractivity contribution >= 4 is 0 Å². The van der Waals surface area contributed by atoms with E-state index in [9.17, 15) is 0 Å². The molecule has 1 aliphatic rings. The summed E-state index contributed by atoms with van der Waals surface area (Å²) in [4.78, 5) is 0. The van der Waals surface area contributed by atoms with Crippen molar-refractivity contribution in [1.82, 2.24) is 5.32 Å². The summed E-state index contributed by atoms with van der Waals surface area (Å²) < 4.78 is 16.7. The van der Waals surface area contributed by atoms with Crippen molar-refractivity contribution in [3.05, 3.63) is 59.7 Å². The molecule has 1 saturated heterocycles. The normalized spacial score (nSPS) is 19.3. The first-order valence-corrected chi connectivity index (χ1v) is 11.1. The Morgan fingerprint density at radius 2 is 1.80 bits per heavy atom. The van der Waals surface area contributed by atoms with Gasteiger partial charge in [0, 0.05) is 13.2 Å². The monoisotopic (exact) mass is 411 g/mol. The summed E-state index contributed by atoms with van der Waals surface area (Å²) >= 11 is 0. The van der Waals surface area contributed by atoms with Gasteiger partial charge in [0.15, 0.2) is 11.5 Å². The number of benzene rings is 2. The van der Waals surface area contributed by atoms with Gasteiger partial charge in [0.1, 0.15) is 0 Å². The Hall–Kier alpha value is -2.04. The van der Waals surface area contributed by atoms with Gasteiger partial charge in [0.25, 0.3) is 0 Å². The van der Waals surface area contributed by atoms with Gasteiger partial charge in [0.2, 0.25) is 0 Å². The lowest BCUT2D eigenvalue weighted by molar-refractivity contribution is -0.0830. The van der Waals surface area contributed by atoms with Gasteiger partial charge in [0.05, 0.1) is 19.8 Å². The van der Waals surface area contributed by atoms with Crippen molar-refractivity contribution in [3.8, 4) is 11.5 Å². The Balaban J connectivity index is 1.58. The van der Waals surface area contributed by atoms with Crippen LogP contribution >= 0.6 is 0 Å². The van der Waals surface area contributed by atoms with Gasteiger partial charge < -0.3 is 19.5 Å². The molecule has 0 spiro atoms. The van der Waals surface area contributed by atoms with Crippen LogP contribution in [-0.4, -0.2) is 33.0 Å². The summed E-state index contributed by atoms with van der Waals surface area (Å²) in [6.07, 6.45) is 4.61. The minimum atomic E-state index is -0.00900. The maximum Gasteiger partial charge on any atom is 0.161 e. The molecule has 3 rings (SSSR count). The highest BCUT2D eigenvalue weighted by atomic mass is 16.5. The second kappa shape index (κ2) is 10.8. The summed E-state index contributed by atoms with van der Waals surface area (Å²) in [5, 5.41) is 3.64. The molecule has 30 heavy (non-hydrogen) atoms. The average Bonchev–Trinajstić information content (AvgIpc) is 2.75. The highest BCUT2D eigenvalue weighted by Gasteiger charge is 2.33. The molecule has 0 saturated carbocycles. The third kappa shape index (κ3) is 6.48. The lowest BCUT2D eigenvalue weighted by atomic mass is 9.75. The molecular weight excluding hydrogens is 374 g/mol. The van der Waals surface area contributed by atoms with Crippen LogP contribution in [-0.2, 0) is 17.7 Å². The van der Waals surface area contributed by atoms with Crippen LogP contribution in [0.2, 0.25) is 0 Å². The highest BCUT2D eigenvalue weighted by molar-refractivity contribution is 5.42. The van der Waals surface area contributed by atoms with E-state index in [-0.39, 0.29) is 5.60 Å². The first kappa shape index (κ1) is 22.6. The zero-order valence-electron chi connectivity index (χ0n) is 18.9. The summed E-state index contributed by atoms with van der Waals surface area (Å²) in [5.41, 5.74) is 2.64. The molecule has 1 N–H and O–H groups in total. The van der Waals surface area contributed by atoms with Crippen LogP contribution in [0.3, 0.4) is 0 Å². The average molecular weight is 412 g/mol. The van der Waals surface area contributed by atoms with E-state index in [2.05, 4.69) is 55.6 Å². The molecule has 2 aromatic rings. The van der Waals surface area contributed by atoms with E-state index in [1.54, 1.807) is 14.2 Å². The highest BCUT2D eigenvalue weighted by Crippen LogP contribution is 2.36. The minimum absolute atomic E-state index is 0.00900. The second-order valence-electron chi connectivity index (χ2n) is 8.97. The molecule has 0 aliphatic carbocycles. The fraction of sp³-hybridized carbons (Fsp3) is 0.538. The molecule has 1 fully saturated rings. The van der Waals surface area contributed by atoms with Gasteiger partial charge in [-0.05, 0) is 81.2 Å². The van der Waals surface area contributed by atoms with Crippen LogP contribution in [0.5, 0.6) is 11.5 Å². The van der Waals surface area contributed by atoms with Crippen molar-refractivity contribution in [3.63, 3.8) is 0 Å². The molecule has 4 heteroatoms. The first-order valence-electron chi connectivity index (χ1n) is 11.1. The lowest BCUT2D eigenvalue weighted by Crippen LogP contribution is -2.38. The molecule has 1 heterocycles. The first-order chi connectivity index (χ1) is 14.5. The van der Waals surface area contributed by atoms with Crippen molar-refractivity contribution in [1.29, 1.82) is 0 Å². The van der Waals surface area contributed by atoms with E-state index in [0.717, 1.165) is 50.5 Å². The number of hydrogen-bond donors (Lipinski definition) is 1. The predicted octanol–water partition coefficient (Wildman–Crippen LogP) is 5.25. The van der Waals surface area contributed by atoms with E-state index in [0.29, 0.717) is 11.8 Å². The SMILES string of the molecule is COc1ccc(CNCC[C@H](Cc2ccccc2)[C@@H]2CCOC(C)(C)C2)cc1OC. The van der Waals surface area contributed by atoms with Crippen LogP contribution in [0.25, 0.3) is 0 Å². The molecule has 0 unspecified atom stereocenters. The Bertz CT molecular complexity index is 775. The van der Waals surface area contributed by atoms with Gasteiger partial charge in [-0.15, -0.1) is 0 Å². The predicted molar refractivity (Wildman–Crippen MR) is 122 cm³/mol. The van der Waals surface area contributed by atoms with E-state index in [4.69, 9.17) is 14.2 Å². The van der Waals surface area contributed by atoms with Crippen molar-refractivity contribution < 1.29 is 14.2 Å². The molecule has 4 nitrogen and oxygen atoms in total. The van der Waals surface area contributed by atoms with Gasteiger partial charge in [-0.25, -0.2) is 0 Å². The Labute approximate surface area is 181 Å². The zero-order valence-corrected chi connectivity index (χ0v) is 18.9. The maximum atomic E-state index is 5.98. The van der Waals surface area contributed by atoms with Crippen LogP contribution < -0.4 is 14.8 Å². The molecule has 164 valence electrons. The Morgan fingerprint density at radius 3 is 2.50 bits per heavy atom. The van der Waals surface area contributed by atoms with Crippen LogP contribution in [0.15, 0.2) is 48.5 Å². The summed E-state index contributed by atoms with van der Waals surface area (Å²) in [6.45, 7) is 7.17. The summed E-state index contributed by atoms with van der Waals surface area (Å²) in [6, 6.07) is 17.0. The van der Waals surface area contributed by atoms with E-state index >= 15 is 0 Å². The van der Waals surface area contributed by atoms with Crippen molar-refractivity contribution in [2.75, 3.05) is 27.4 Å². The molecule has 2 atom stereocenters. The van der Waals surface area contributed by atoms with Gasteiger partial charge in [-0.3, -0.25) is 0 Å². The lowest BCUT2D eigenvalue weighted by Gasteiger charge is -2.39. The quantitative estimate of drug-likeness (QED) is 0.542. The van der Waals surface area contributed by atoms with E-state index < -0.39 is 0 Å². The number of hydrogen-bond acceptors (Lipinski definition) is 4. The number of methoxy groups -OCH3 is 2. The van der Waals surface area contributed by atoms with Gasteiger partial charge in [-0.1, -0.05) is 36.4 Å². The van der Waals surface area contributed by atoms with E-state index in [1.165, 1.54) is 17.5 Å². The largest absolute Gasteiger partial charge is 0.493 e. The minimum Gasteiger partial charge on any atom is -0.493 e. The van der Waals surface area contributed by atoms with Crippen molar-refractivity contribution in [2.24, 2.45) is 11.8 Å². The van der Waals surface area contributed by atoms with Crippen LogP contribution in [0.4, 0.5) is 0 Å². The molecule has 2 aromatic carbocycles. The fourth-order valence-corrected chi connectivity index (χ4v) is 4.61. The molecule has 0 amide bonds. The molecule has 1 aliphatic heterocycles. The zero-order chi connectivity index (χ0) is 21.4. The number of ether oxygens (including phenoxy) is 3. The molecule has 0 radical (unpaired) electrons. The van der Waals surface area contributed by atoms with Gasteiger partial charge >= 0.3 is 0 Å². The van der Waals surface area contributed by atoms with E-state index in [1.807, 2.05) is 12.1 Å². The third-order valence-corrected chi connectivity index (χ3v) is 6.21. The Morgan fingerprint density at radius 1 is 1.03 bits per heavy atom. The number of rotatable bonds is 10. The second-order valence-corrected chi connectivity index (χ2v) is 8.97. The molecule has 0 bridgehead atoms. The molecule has 0 aromatic heterocycles. The topological polar surface area (TPSA) is 39.7 Å². The number of nitrogens with one attached hydrogen (secondary N) is 1. The summed E-state index contributed by atoms with van der Waals surface area (Å²) in [5.74, 6) is 2.92. The Kier molecular flexibility index (Phi) is 8.17. The van der Waals surface area contributed by atoms with Gasteiger partial charge in [-0.2, -0.15) is 0 Å². The summed E-state index contributed by atoms with van der Waals surface area (Å²) in [7, 11) is 3.35. The van der Waals surface area contributed by atoms with Crippen LogP contribution in [0, 0.1) is 11.8 Å². The smallest absolute Gasteiger partial charge is 0.161 e. The third-order valence-electron chi connectivity index (χ3n) is 6.21. The van der Waals surface area contributed by atoms with Crippen molar-refractivity contribution in [2.45, 2.75) is 51.7 Å². The maximum absolute atomic E-state index is 5.98. The molecular formula is C26H37NO3. The standard InChI is InChI=1S/C26H37NO3/c1-26(2)18-23(13-15-30-26)22(16-20-8-6-5-7-9-20)12-14-27-19-21-10-11-24(28-3)25(17-21)29-4/h5-11,17,22-23,27H,12-16,18-19H2,1-4H3/t22-,23-/m1/s1. The fourth-order valence-electron chi connectivity index (χ4n) is 4.61. The van der Waals surface area contributed by atoms with Crippen LogP contribution in [0.1, 0.15) is 44.2 Å².